The van der Waals surface area contributed by atoms with Crippen LogP contribution in [0.5, 0.6) is 0 Å². The van der Waals surface area contributed by atoms with Gasteiger partial charge in [0.2, 0.25) is 0 Å². The zero-order valence-corrected chi connectivity index (χ0v) is 10.1. The van der Waals surface area contributed by atoms with Gasteiger partial charge >= 0.3 is 5.97 Å². The second-order valence-electron chi connectivity index (χ2n) is 4.13. The van der Waals surface area contributed by atoms with E-state index in [4.69, 9.17) is 5.73 Å². The maximum absolute atomic E-state index is 11.2. The van der Waals surface area contributed by atoms with Crippen molar-refractivity contribution >= 4 is 5.97 Å². The van der Waals surface area contributed by atoms with Crippen LogP contribution >= 0.6 is 0 Å². The molecule has 0 saturated heterocycles. The Morgan fingerprint density at radius 1 is 1.31 bits per heavy atom. The number of aryl methyl sites for hydroxylation is 2. The highest BCUT2D eigenvalue weighted by Crippen LogP contribution is 2.21. The van der Waals surface area contributed by atoms with E-state index in [9.17, 15) is 4.79 Å². The molecule has 1 aromatic rings. The Labute approximate surface area is 96.6 Å². The summed E-state index contributed by atoms with van der Waals surface area (Å²) in [5.74, 6) is -0.166. The Bertz CT molecular complexity index is 354. The third-order valence-corrected chi connectivity index (χ3v) is 2.64. The number of methoxy groups -OCH3 is 1. The average molecular weight is 221 g/mol. The molecule has 0 heterocycles. The number of nitrogens with two attached hydrogens (primary N) is 1. The Morgan fingerprint density at radius 3 is 2.31 bits per heavy atom. The topological polar surface area (TPSA) is 52.3 Å². The first-order chi connectivity index (χ1) is 7.56. The largest absolute Gasteiger partial charge is 0.469 e. The van der Waals surface area contributed by atoms with Gasteiger partial charge in [0, 0.05) is 5.92 Å². The Balaban J connectivity index is 2.90. The van der Waals surface area contributed by atoms with Crippen molar-refractivity contribution in [2.45, 2.75) is 26.2 Å². The fourth-order valence-electron chi connectivity index (χ4n) is 1.87. The van der Waals surface area contributed by atoms with Crippen LogP contribution in [-0.2, 0) is 9.53 Å². The van der Waals surface area contributed by atoms with Crippen LogP contribution in [0.1, 0.15) is 29.0 Å². The van der Waals surface area contributed by atoms with E-state index < -0.39 is 0 Å². The quantitative estimate of drug-likeness (QED) is 0.790. The van der Waals surface area contributed by atoms with Gasteiger partial charge in [0.15, 0.2) is 0 Å². The highest BCUT2D eigenvalue weighted by molar-refractivity contribution is 5.70. The molecule has 0 saturated carbocycles. The van der Waals surface area contributed by atoms with E-state index in [2.05, 4.69) is 22.9 Å². The molecule has 0 aliphatic heterocycles. The van der Waals surface area contributed by atoms with E-state index in [1.807, 2.05) is 13.8 Å². The minimum atomic E-state index is -0.213. The van der Waals surface area contributed by atoms with Gasteiger partial charge in [-0.05, 0) is 26.0 Å². The SMILES string of the molecule is COC(=O)CC(CN)c1cc(C)cc(C)c1. The summed E-state index contributed by atoms with van der Waals surface area (Å²) in [5.41, 5.74) is 9.20. The highest BCUT2D eigenvalue weighted by Gasteiger charge is 2.15. The van der Waals surface area contributed by atoms with Crippen molar-refractivity contribution in [2.24, 2.45) is 5.73 Å². The number of ether oxygens (including phenoxy) is 1. The normalized spacial score (nSPS) is 12.2. The van der Waals surface area contributed by atoms with Crippen molar-refractivity contribution in [2.75, 3.05) is 13.7 Å². The van der Waals surface area contributed by atoms with Crippen LogP contribution in [0.25, 0.3) is 0 Å². The van der Waals surface area contributed by atoms with Gasteiger partial charge < -0.3 is 10.5 Å². The molecular weight excluding hydrogens is 202 g/mol. The molecule has 88 valence electrons. The van der Waals surface area contributed by atoms with E-state index in [1.165, 1.54) is 18.2 Å². The second-order valence-corrected chi connectivity index (χ2v) is 4.13. The number of rotatable bonds is 4. The van der Waals surface area contributed by atoms with Gasteiger partial charge in [0.1, 0.15) is 0 Å². The summed E-state index contributed by atoms with van der Waals surface area (Å²) in [6, 6.07) is 6.26. The summed E-state index contributed by atoms with van der Waals surface area (Å²) in [6.07, 6.45) is 0.343. The lowest BCUT2D eigenvalue weighted by Crippen LogP contribution is -2.17. The first-order valence-electron chi connectivity index (χ1n) is 5.42. The van der Waals surface area contributed by atoms with Crippen LogP contribution < -0.4 is 5.73 Å². The maximum Gasteiger partial charge on any atom is 0.306 e. The fourth-order valence-corrected chi connectivity index (χ4v) is 1.87. The molecule has 3 nitrogen and oxygen atoms in total. The highest BCUT2D eigenvalue weighted by atomic mass is 16.5. The summed E-state index contributed by atoms with van der Waals surface area (Å²) in [5, 5.41) is 0. The molecule has 1 rings (SSSR count). The average Bonchev–Trinajstić information content (AvgIpc) is 2.24. The molecule has 0 aliphatic carbocycles. The molecule has 0 spiro atoms. The van der Waals surface area contributed by atoms with E-state index in [0.717, 1.165) is 5.56 Å². The summed E-state index contributed by atoms with van der Waals surface area (Å²) in [4.78, 5) is 11.2. The minimum absolute atomic E-state index is 0.0473. The number of hydrogen-bond acceptors (Lipinski definition) is 3. The molecule has 3 heteroatoms. The molecule has 1 atom stereocenters. The molecule has 1 aromatic carbocycles. The van der Waals surface area contributed by atoms with Crippen molar-refractivity contribution in [3.05, 3.63) is 34.9 Å². The fraction of sp³-hybridized carbons (Fsp3) is 0.462. The summed E-state index contributed by atoms with van der Waals surface area (Å²) in [6.45, 7) is 4.54. The van der Waals surface area contributed by atoms with Gasteiger partial charge in [0.05, 0.1) is 13.5 Å². The Morgan fingerprint density at radius 2 is 1.88 bits per heavy atom. The van der Waals surface area contributed by atoms with Gasteiger partial charge in [0.25, 0.3) is 0 Å². The Hall–Kier alpha value is -1.35. The Kier molecular flexibility index (Phi) is 4.50. The standard InChI is InChI=1S/C13H19NO2/c1-9-4-10(2)6-11(5-9)12(8-14)7-13(15)16-3/h4-6,12H,7-8,14H2,1-3H3. The number of carbonyl (C=O) groups is 1. The number of benzene rings is 1. The van der Waals surface area contributed by atoms with E-state index in [-0.39, 0.29) is 11.9 Å². The molecule has 0 aromatic heterocycles. The zero-order valence-electron chi connectivity index (χ0n) is 10.1. The lowest BCUT2D eigenvalue weighted by molar-refractivity contribution is -0.141. The van der Waals surface area contributed by atoms with E-state index in [0.29, 0.717) is 13.0 Å². The van der Waals surface area contributed by atoms with Crippen LogP contribution in [0.15, 0.2) is 18.2 Å². The van der Waals surface area contributed by atoms with Crippen molar-refractivity contribution in [1.29, 1.82) is 0 Å². The third-order valence-electron chi connectivity index (χ3n) is 2.64. The lowest BCUT2D eigenvalue weighted by atomic mass is 9.93. The molecule has 0 amide bonds. The number of hydrogen-bond donors (Lipinski definition) is 1. The smallest absolute Gasteiger partial charge is 0.306 e. The molecule has 0 bridgehead atoms. The van der Waals surface area contributed by atoms with Crippen molar-refractivity contribution in [3.63, 3.8) is 0 Å². The van der Waals surface area contributed by atoms with Gasteiger partial charge in [-0.3, -0.25) is 4.79 Å². The first kappa shape index (κ1) is 12.7. The minimum Gasteiger partial charge on any atom is -0.469 e. The molecule has 0 radical (unpaired) electrons. The van der Waals surface area contributed by atoms with Crippen LogP contribution in [0.2, 0.25) is 0 Å². The maximum atomic E-state index is 11.2. The van der Waals surface area contributed by atoms with Crippen LogP contribution in [0.3, 0.4) is 0 Å². The van der Waals surface area contributed by atoms with Gasteiger partial charge in [-0.15, -0.1) is 0 Å². The molecule has 1 unspecified atom stereocenters. The molecule has 0 fully saturated rings. The van der Waals surface area contributed by atoms with Gasteiger partial charge in [-0.25, -0.2) is 0 Å². The second kappa shape index (κ2) is 5.66. The predicted molar refractivity (Wildman–Crippen MR) is 64.3 cm³/mol. The first-order valence-corrected chi connectivity index (χ1v) is 5.42. The number of esters is 1. The molecular formula is C13H19NO2. The zero-order chi connectivity index (χ0) is 12.1. The van der Waals surface area contributed by atoms with Gasteiger partial charge in [-0.2, -0.15) is 0 Å². The van der Waals surface area contributed by atoms with Crippen LogP contribution in [0.4, 0.5) is 0 Å². The number of carbonyl (C=O) groups excluding carboxylic acids is 1. The summed E-state index contributed by atoms with van der Waals surface area (Å²) < 4.78 is 4.67. The van der Waals surface area contributed by atoms with Crippen LogP contribution in [-0.4, -0.2) is 19.6 Å². The molecule has 16 heavy (non-hydrogen) atoms. The predicted octanol–water partition coefficient (Wildman–Crippen LogP) is 1.91. The van der Waals surface area contributed by atoms with Crippen molar-refractivity contribution in [1.82, 2.24) is 0 Å². The van der Waals surface area contributed by atoms with Crippen molar-refractivity contribution in [3.8, 4) is 0 Å². The third kappa shape index (κ3) is 3.35. The molecule has 2 N–H and O–H groups in total. The summed E-state index contributed by atoms with van der Waals surface area (Å²) >= 11 is 0. The van der Waals surface area contributed by atoms with E-state index in [1.54, 1.807) is 0 Å². The molecule has 0 aliphatic rings. The van der Waals surface area contributed by atoms with Crippen molar-refractivity contribution < 1.29 is 9.53 Å². The van der Waals surface area contributed by atoms with E-state index >= 15 is 0 Å². The van der Waals surface area contributed by atoms with Crippen LogP contribution in [0, 0.1) is 13.8 Å². The lowest BCUT2D eigenvalue weighted by Gasteiger charge is -2.15. The summed E-state index contributed by atoms with van der Waals surface area (Å²) in [7, 11) is 1.40. The monoisotopic (exact) mass is 221 g/mol. The van der Waals surface area contributed by atoms with Gasteiger partial charge in [-0.1, -0.05) is 29.3 Å².